The average Bonchev–Trinajstić information content (AvgIpc) is 2.96. The number of hydrogen-bond acceptors (Lipinski definition) is 4. The van der Waals surface area contributed by atoms with Gasteiger partial charge in [-0.1, -0.05) is 12.8 Å². The van der Waals surface area contributed by atoms with Crippen LogP contribution >= 0.6 is 15.9 Å². The number of nitrogens with zero attached hydrogens (tertiary/aromatic N) is 3. The molecule has 1 fully saturated rings. The molecule has 3 rings (SSSR count). The number of rotatable bonds is 3. The number of aromatic nitrogens is 3. The van der Waals surface area contributed by atoms with Crippen molar-refractivity contribution in [3.63, 3.8) is 0 Å². The first kappa shape index (κ1) is 11.9. The fourth-order valence-corrected chi connectivity index (χ4v) is 2.91. The van der Waals surface area contributed by atoms with Crippen molar-refractivity contribution in [2.45, 2.75) is 31.2 Å². The summed E-state index contributed by atoms with van der Waals surface area (Å²) in [7, 11) is 0. The van der Waals surface area contributed by atoms with Gasteiger partial charge in [-0.3, -0.25) is 0 Å². The molecule has 0 saturated heterocycles. The number of nitrogens with two attached hydrogens (primary N) is 1. The van der Waals surface area contributed by atoms with Crippen LogP contribution in [0.3, 0.4) is 0 Å². The number of pyridine rings is 1. The summed E-state index contributed by atoms with van der Waals surface area (Å²) in [4.78, 5) is 4.47. The van der Waals surface area contributed by atoms with Crippen molar-refractivity contribution < 1.29 is 0 Å². The van der Waals surface area contributed by atoms with Gasteiger partial charge in [-0.15, -0.1) is 5.10 Å². The maximum Gasteiger partial charge on any atom is 0.243 e. The molecule has 0 amide bonds. The van der Waals surface area contributed by atoms with Gasteiger partial charge < -0.3 is 11.1 Å². The Morgan fingerprint density at radius 1 is 1.39 bits per heavy atom. The molecule has 1 aliphatic carbocycles. The van der Waals surface area contributed by atoms with Gasteiger partial charge in [-0.05, 0) is 40.9 Å². The molecule has 2 heterocycles. The van der Waals surface area contributed by atoms with E-state index in [1.165, 1.54) is 12.8 Å². The Hall–Kier alpha value is -1.14. The number of anilines is 1. The first-order chi connectivity index (χ1) is 8.71. The smallest absolute Gasteiger partial charge is 0.243 e. The average molecular weight is 310 g/mol. The molecule has 2 aromatic heterocycles. The Balaban J connectivity index is 1.90. The highest BCUT2D eigenvalue weighted by atomic mass is 79.9. The Bertz CT molecular complexity index is 559. The van der Waals surface area contributed by atoms with E-state index in [0.29, 0.717) is 12.5 Å². The van der Waals surface area contributed by atoms with E-state index in [0.717, 1.165) is 23.0 Å². The number of fused-ring (bicyclic) bond motifs is 1. The summed E-state index contributed by atoms with van der Waals surface area (Å²) in [6, 6.07) is 3.90. The van der Waals surface area contributed by atoms with Crippen molar-refractivity contribution in [2.24, 2.45) is 5.73 Å². The molecule has 1 saturated carbocycles. The van der Waals surface area contributed by atoms with Gasteiger partial charge in [0.05, 0.1) is 5.54 Å². The fraction of sp³-hybridized carbons (Fsp3) is 0.500. The van der Waals surface area contributed by atoms with Crippen LogP contribution in [0, 0.1) is 0 Å². The lowest BCUT2D eigenvalue weighted by atomic mass is 9.98. The van der Waals surface area contributed by atoms with Gasteiger partial charge in [-0.2, -0.15) is 4.98 Å². The van der Waals surface area contributed by atoms with Gasteiger partial charge >= 0.3 is 0 Å². The van der Waals surface area contributed by atoms with E-state index in [9.17, 15) is 0 Å². The molecular weight excluding hydrogens is 294 g/mol. The Kier molecular flexibility index (Phi) is 2.99. The second-order valence-corrected chi connectivity index (χ2v) is 5.82. The van der Waals surface area contributed by atoms with Gasteiger partial charge in [0.25, 0.3) is 0 Å². The molecule has 3 N–H and O–H groups in total. The van der Waals surface area contributed by atoms with Gasteiger partial charge in [0.2, 0.25) is 5.95 Å². The summed E-state index contributed by atoms with van der Waals surface area (Å²) in [6.07, 6.45) is 6.55. The van der Waals surface area contributed by atoms with Crippen LogP contribution in [0.4, 0.5) is 5.95 Å². The predicted molar refractivity (Wildman–Crippen MR) is 74.6 cm³/mol. The van der Waals surface area contributed by atoms with Crippen LogP contribution in [-0.4, -0.2) is 26.7 Å². The standard InChI is InChI=1S/C12H16BrN5/c13-9-3-4-10-15-11(17-18(10)7-9)16-12(8-14)5-1-2-6-12/h3-4,7H,1-2,5-6,8,14H2,(H,16,17). The summed E-state index contributed by atoms with van der Waals surface area (Å²) in [6.45, 7) is 0.631. The van der Waals surface area contributed by atoms with Crippen LogP contribution in [0.15, 0.2) is 22.8 Å². The molecular formula is C12H16BrN5. The summed E-state index contributed by atoms with van der Waals surface area (Å²) >= 11 is 3.43. The van der Waals surface area contributed by atoms with Gasteiger partial charge in [0, 0.05) is 17.2 Å². The molecule has 0 aromatic carbocycles. The van der Waals surface area contributed by atoms with E-state index in [1.54, 1.807) is 4.52 Å². The van der Waals surface area contributed by atoms with E-state index >= 15 is 0 Å². The van der Waals surface area contributed by atoms with Crippen molar-refractivity contribution in [1.29, 1.82) is 0 Å². The zero-order valence-corrected chi connectivity index (χ0v) is 11.7. The topological polar surface area (TPSA) is 68.2 Å². The first-order valence-corrected chi connectivity index (χ1v) is 7.00. The van der Waals surface area contributed by atoms with Gasteiger partial charge in [-0.25, -0.2) is 4.52 Å². The Morgan fingerprint density at radius 3 is 2.89 bits per heavy atom. The molecule has 0 radical (unpaired) electrons. The van der Waals surface area contributed by atoms with Crippen molar-refractivity contribution >= 4 is 27.5 Å². The van der Waals surface area contributed by atoms with Crippen LogP contribution in [0.1, 0.15) is 25.7 Å². The maximum absolute atomic E-state index is 5.90. The zero-order valence-electron chi connectivity index (χ0n) is 10.1. The monoisotopic (exact) mass is 309 g/mol. The second-order valence-electron chi connectivity index (χ2n) is 4.90. The molecule has 0 unspecified atom stereocenters. The zero-order chi connectivity index (χ0) is 12.6. The molecule has 96 valence electrons. The maximum atomic E-state index is 5.90. The lowest BCUT2D eigenvalue weighted by Crippen LogP contribution is -2.43. The second kappa shape index (κ2) is 4.51. The largest absolute Gasteiger partial charge is 0.346 e. The molecule has 5 nitrogen and oxygen atoms in total. The van der Waals surface area contributed by atoms with E-state index in [-0.39, 0.29) is 5.54 Å². The molecule has 0 atom stereocenters. The van der Waals surface area contributed by atoms with Crippen molar-refractivity contribution in [3.8, 4) is 0 Å². The predicted octanol–water partition coefficient (Wildman–Crippen LogP) is 2.18. The molecule has 18 heavy (non-hydrogen) atoms. The van der Waals surface area contributed by atoms with Crippen LogP contribution in [0.5, 0.6) is 0 Å². The minimum atomic E-state index is -0.0117. The lowest BCUT2D eigenvalue weighted by molar-refractivity contribution is 0.489. The van der Waals surface area contributed by atoms with Crippen LogP contribution in [0.25, 0.3) is 5.65 Å². The molecule has 0 aliphatic heterocycles. The van der Waals surface area contributed by atoms with E-state index < -0.39 is 0 Å². The van der Waals surface area contributed by atoms with E-state index in [1.807, 2.05) is 18.3 Å². The molecule has 1 aliphatic rings. The van der Waals surface area contributed by atoms with Crippen LogP contribution in [0.2, 0.25) is 0 Å². The van der Waals surface area contributed by atoms with E-state index in [2.05, 4.69) is 31.3 Å². The molecule has 0 spiro atoms. The minimum Gasteiger partial charge on any atom is -0.346 e. The van der Waals surface area contributed by atoms with Gasteiger partial charge in [0.15, 0.2) is 5.65 Å². The SMILES string of the molecule is NCC1(Nc2nc3ccc(Br)cn3n2)CCCC1. The quantitative estimate of drug-likeness (QED) is 0.912. The third kappa shape index (κ3) is 2.10. The summed E-state index contributed by atoms with van der Waals surface area (Å²) in [5.41, 5.74) is 6.73. The lowest BCUT2D eigenvalue weighted by Gasteiger charge is -2.27. The van der Waals surface area contributed by atoms with Crippen LogP contribution in [-0.2, 0) is 0 Å². The van der Waals surface area contributed by atoms with Crippen LogP contribution < -0.4 is 11.1 Å². The number of hydrogen-bond donors (Lipinski definition) is 2. The number of halogens is 1. The van der Waals surface area contributed by atoms with Gasteiger partial charge in [0.1, 0.15) is 0 Å². The highest BCUT2D eigenvalue weighted by Gasteiger charge is 2.33. The highest BCUT2D eigenvalue weighted by Crippen LogP contribution is 2.31. The molecule has 0 bridgehead atoms. The van der Waals surface area contributed by atoms with Crippen molar-refractivity contribution in [2.75, 3.05) is 11.9 Å². The normalized spacial score (nSPS) is 18.3. The Morgan fingerprint density at radius 2 is 2.17 bits per heavy atom. The fourth-order valence-electron chi connectivity index (χ4n) is 2.58. The van der Waals surface area contributed by atoms with Crippen molar-refractivity contribution in [1.82, 2.24) is 14.6 Å². The summed E-state index contributed by atoms with van der Waals surface area (Å²) in [5, 5.41) is 7.87. The summed E-state index contributed by atoms with van der Waals surface area (Å²) < 4.78 is 2.76. The minimum absolute atomic E-state index is 0.0117. The molecule has 2 aromatic rings. The Labute approximate surface area is 114 Å². The molecule has 6 heteroatoms. The van der Waals surface area contributed by atoms with Crippen molar-refractivity contribution in [3.05, 3.63) is 22.8 Å². The third-order valence-corrected chi connectivity index (χ3v) is 4.09. The van der Waals surface area contributed by atoms with E-state index in [4.69, 9.17) is 5.73 Å². The first-order valence-electron chi connectivity index (χ1n) is 6.21. The highest BCUT2D eigenvalue weighted by molar-refractivity contribution is 9.10. The summed E-state index contributed by atoms with van der Waals surface area (Å²) in [5.74, 6) is 0.667. The third-order valence-electron chi connectivity index (χ3n) is 3.62. The number of nitrogens with one attached hydrogen (secondary N) is 1.